The van der Waals surface area contributed by atoms with E-state index in [2.05, 4.69) is 31.4 Å². The molecule has 10 heteroatoms. The van der Waals surface area contributed by atoms with Gasteiger partial charge in [-0.25, -0.2) is 13.6 Å². The Kier molecular flexibility index (Phi) is 4.57. The van der Waals surface area contributed by atoms with Crippen molar-refractivity contribution in [1.29, 1.82) is 0 Å². The van der Waals surface area contributed by atoms with Crippen molar-refractivity contribution < 1.29 is 13.2 Å². The fourth-order valence-electron chi connectivity index (χ4n) is 1.40. The summed E-state index contributed by atoms with van der Waals surface area (Å²) in [5.41, 5.74) is 0.436. The molecule has 0 spiro atoms. The van der Waals surface area contributed by atoms with Crippen molar-refractivity contribution in [2.45, 2.75) is 4.90 Å². The number of aromatic nitrogens is 2. The Bertz CT molecular complexity index is 796. The van der Waals surface area contributed by atoms with Crippen LogP contribution < -0.4 is 10.5 Å². The summed E-state index contributed by atoms with van der Waals surface area (Å²) in [6.45, 7) is 0. The number of hydrogen-bond donors (Lipinski definition) is 2. The number of nitrogens with two attached hydrogens (primary N) is 1. The predicted molar refractivity (Wildman–Crippen MR) is 80.5 cm³/mol. The highest BCUT2D eigenvalue weighted by Gasteiger charge is 2.13. The highest BCUT2D eigenvalue weighted by molar-refractivity contribution is 9.10. The molecule has 7 nitrogen and oxygen atoms in total. The van der Waals surface area contributed by atoms with Gasteiger partial charge in [-0.1, -0.05) is 11.6 Å². The number of anilines is 1. The lowest BCUT2D eigenvalue weighted by molar-refractivity contribution is 0.102. The van der Waals surface area contributed by atoms with Crippen LogP contribution in [0.5, 0.6) is 0 Å². The molecular formula is C11H8BrClN4O3S. The molecule has 0 fully saturated rings. The highest BCUT2D eigenvalue weighted by Crippen LogP contribution is 2.25. The Morgan fingerprint density at radius 2 is 1.95 bits per heavy atom. The maximum atomic E-state index is 11.9. The molecule has 21 heavy (non-hydrogen) atoms. The summed E-state index contributed by atoms with van der Waals surface area (Å²) in [5.74, 6) is -0.511. The molecule has 0 radical (unpaired) electrons. The maximum absolute atomic E-state index is 11.9. The molecule has 0 bridgehead atoms. The summed E-state index contributed by atoms with van der Waals surface area (Å²) in [6.07, 6.45) is 0. The largest absolute Gasteiger partial charge is 0.320 e. The van der Waals surface area contributed by atoms with Crippen LogP contribution in [0.15, 0.2) is 39.7 Å². The first kappa shape index (κ1) is 15.8. The first-order valence-electron chi connectivity index (χ1n) is 5.40. The Morgan fingerprint density at radius 3 is 2.48 bits per heavy atom. The second-order valence-corrected chi connectivity index (χ2v) is 6.69. The first-order chi connectivity index (χ1) is 9.77. The van der Waals surface area contributed by atoms with Crippen LogP contribution in [0.3, 0.4) is 0 Å². The fourth-order valence-corrected chi connectivity index (χ4v) is 2.67. The normalized spacial score (nSPS) is 11.2. The number of amides is 1. The van der Waals surface area contributed by atoms with Gasteiger partial charge in [0.15, 0.2) is 10.8 Å². The van der Waals surface area contributed by atoms with Gasteiger partial charge >= 0.3 is 0 Å². The van der Waals surface area contributed by atoms with Gasteiger partial charge in [0.25, 0.3) is 5.91 Å². The molecule has 3 N–H and O–H groups in total. The molecule has 0 saturated carbocycles. The van der Waals surface area contributed by atoms with Gasteiger partial charge in [0.2, 0.25) is 10.0 Å². The Labute approximate surface area is 133 Å². The van der Waals surface area contributed by atoms with Gasteiger partial charge in [0, 0.05) is 4.47 Å². The Morgan fingerprint density at radius 1 is 1.24 bits per heavy atom. The minimum absolute atomic E-state index is 0.0707. The van der Waals surface area contributed by atoms with E-state index in [1.807, 2.05) is 0 Å². The molecule has 1 amide bonds. The number of rotatable bonds is 3. The van der Waals surface area contributed by atoms with E-state index in [1.54, 1.807) is 0 Å². The number of nitrogens with zero attached hydrogens (tertiary/aromatic N) is 2. The lowest BCUT2D eigenvalue weighted by Crippen LogP contribution is -2.15. The average Bonchev–Trinajstić information content (AvgIpc) is 2.40. The third-order valence-corrected chi connectivity index (χ3v) is 4.15. The molecule has 1 heterocycles. The second-order valence-electron chi connectivity index (χ2n) is 3.88. The topological polar surface area (TPSA) is 115 Å². The lowest BCUT2D eigenvalue weighted by Gasteiger charge is -2.08. The van der Waals surface area contributed by atoms with Crippen molar-refractivity contribution in [1.82, 2.24) is 10.2 Å². The number of sulfonamides is 1. The number of carbonyl (C=O) groups excluding carboxylic acids is 1. The van der Waals surface area contributed by atoms with E-state index in [1.165, 1.54) is 30.3 Å². The molecule has 1 aromatic carbocycles. The number of halogens is 2. The molecule has 0 atom stereocenters. The van der Waals surface area contributed by atoms with E-state index in [0.29, 0.717) is 10.2 Å². The van der Waals surface area contributed by atoms with Crippen molar-refractivity contribution >= 4 is 49.1 Å². The van der Waals surface area contributed by atoms with Crippen molar-refractivity contribution in [3.8, 4) is 0 Å². The van der Waals surface area contributed by atoms with E-state index in [0.717, 1.165) is 0 Å². The standard InChI is InChI=1S/C11H8BrClN4O3S/c12-7-5-6(21(14,19)20)1-2-8(7)15-11(18)9-3-4-10(13)17-16-9/h1-5H,(H,15,18)(H2,14,19,20). The molecule has 110 valence electrons. The van der Waals surface area contributed by atoms with E-state index in [-0.39, 0.29) is 15.7 Å². The SMILES string of the molecule is NS(=O)(=O)c1ccc(NC(=O)c2ccc(Cl)nn2)c(Br)c1. The van der Waals surface area contributed by atoms with Crippen LogP contribution in [0.25, 0.3) is 0 Å². The predicted octanol–water partition coefficient (Wildman–Crippen LogP) is 1.79. The third kappa shape index (κ3) is 3.97. The Hall–Kier alpha value is -1.55. The van der Waals surface area contributed by atoms with Crippen LogP contribution in [0.1, 0.15) is 10.5 Å². The molecular weight excluding hydrogens is 384 g/mol. The van der Waals surface area contributed by atoms with Crippen LogP contribution in [-0.4, -0.2) is 24.5 Å². The van der Waals surface area contributed by atoms with E-state index >= 15 is 0 Å². The average molecular weight is 392 g/mol. The van der Waals surface area contributed by atoms with Crippen molar-refractivity contribution in [3.63, 3.8) is 0 Å². The molecule has 1 aromatic heterocycles. The van der Waals surface area contributed by atoms with Crippen LogP contribution >= 0.6 is 27.5 Å². The van der Waals surface area contributed by atoms with Crippen molar-refractivity contribution in [2.24, 2.45) is 5.14 Å². The van der Waals surface area contributed by atoms with Gasteiger partial charge in [-0.15, -0.1) is 10.2 Å². The highest BCUT2D eigenvalue weighted by atomic mass is 79.9. The summed E-state index contributed by atoms with van der Waals surface area (Å²) >= 11 is 8.74. The number of hydrogen-bond acceptors (Lipinski definition) is 5. The maximum Gasteiger partial charge on any atom is 0.276 e. The quantitative estimate of drug-likeness (QED) is 0.827. The van der Waals surface area contributed by atoms with Gasteiger partial charge < -0.3 is 5.32 Å². The van der Waals surface area contributed by atoms with Crippen LogP contribution in [0, 0.1) is 0 Å². The first-order valence-corrected chi connectivity index (χ1v) is 8.12. The summed E-state index contributed by atoms with van der Waals surface area (Å²) in [4.78, 5) is 11.9. The summed E-state index contributed by atoms with van der Waals surface area (Å²) in [5, 5.41) is 14.9. The van der Waals surface area contributed by atoms with Gasteiger partial charge in [0.1, 0.15) is 0 Å². The van der Waals surface area contributed by atoms with E-state index in [4.69, 9.17) is 16.7 Å². The van der Waals surface area contributed by atoms with Crippen LogP contribution in [-0.2, 0) is 10.0 Å². The number of nitrogens with one attached hydrogen (secondary N) is 1. The zero-order valence-electron chi connectivity index (χ0n) is 10.2. The van der Waals surface area contributed by atoms with Crippen molar-refractivity contribution in [2.75, 3.05) is 5.32 Å². The zero-order valence-corrected chi connectivity index (χ0v) is 13.4. The van der Waals surface area contributed by atoms with Gasteiger partial charge in [0.05, 0.1) is 10.6 Å². The van der Waals surface area contributed by atoms with Crippen molar-refractivity contribution in [3.05, 3.63) is 45.7 Å². The summed E-state index contributed by atoms with van der Waals surface area (Å²) in [7, 11) is -3.81. The fraction of sp³-hybridized carbons (Fsp3) is 0. The minimum Gasteiger partial charge on any atom is -0.320 e. The minimum atomic E-state index is -3.81. The van der Waals surface area contributed by atoms with Gasteiger partial charge in [-0.2, -0.15) is 0 Å². The van der Waals surface area contributed by atoms with E-state index < -0.39 is 15.9 Å². The zero-order chi connectivity index (χ0) is 15.6. The number of benzene rings is 1. The molecule has 2 rings (SSSR count). The number of carbonyl (C=O) groups is 1. The monoisotopic (exact) mass is 390 g/mol. The second kappa shape index (κ2) is 6.06. The molecule has 0 aliphatic heterocycles. The lowest BCUT2D eigenvalue weighted by atomic mass is 10.3. The number of primary sulfonamides is 1. The third-order valence-electron chi connectivity index (χ3n) is 2.38. The van der Waals surface area contributed by atoms with E-state index in [9.17, 15) is 13.2 Å². The Balaban J connectivity index is 2.24. The van der Waals surface area contributed by atoms with Gasteiger partial charge in [-0.3, -0.25) is 4.79 Å². The van der Waals surface area contributed by atoms with Crippen LogP contribution in [0.4, 0.5) is 5.69 Å². The molecule has 0 unspecified atom stereocenters. The van der Waals surface area contributed by atoms with Gasteiger partial charge in [-0.05, 0) is 46.3 Å². The summed E-state index contributed by atoms with van der Waals surface area (Å²) < 4.78 is 22.8. The van der Waals surface area contributed by atoms with Crippen LogP contribution in [0.2, 0.25) is 5.15 Å². The molecule has 0 saturated heterocycles. The smallest absolute Gasteiger partial charge is 0.276 e. The molecule has 0 aliphatic rings. The molecule has 0 aliphatic carbocycles. The summed E-state index contributed by atoms with van der Waals surface area (Å²) in [6, 6.07) is 6.83. The molecule has 2 aromatic rings.